The van der Waals surface area contributed by atoms with Crippen molar-refractivity contribution in [3.8, 4) is 0 Å². The van der Waals surface area contributed by atoms with Crippen molar-refractivity contribution in [3.05, 3.63) is 68.4 Å². The van der Waals surface area contributed by atoms with Crippen molar-refractivity contribution in [2.75, 3.05) is 0 Å². The molecule has 5 heteroatoms. The van der Waals surface area contributed by atoms with E-state index in [2.05, 4.69) is 21.4 Å². The summed E-state index contributed by atoms with van der Waals surface area (Å²) in [6.07, 6.45) is 0.455. The summed E-state index contributed by atoms with van der Waals surface area (Å²) >= 11 is 9.26. The van der Waals surface area contributed by atoms with Crippen LogP contribution in [0.1, 0.15) is 22.7 Å². The Balaban J connectivity index is 2.31. The van der Waals surface area contributed by atoms with Gasteiger partial charge in [-0.3, -0.25) is 11.3 Å². The lowest BCUT2D eigenvalue weighted by Crippen LogP contribution is -2.30. The Hall–Kier alpha value is -0.940. The van der Waals surface area contributed by atoms with Crippen LogP contribution in [0.15, 0.2) is 40.9 Å². The molecule has 0 aliphatic rings. The van der Waals surface area contributed by atoms with Gasteiger partial charge in [-0.15, -0.1) is 0 Å². The summed E-state index contributed by atoms with van der Waals surface area (Å²) in [5.41, 5.74) is 5.46. The Kier molecular flexibility index (Phi) is 5.16. The van der Waals surface area contributed by atoms with Gasteiger partial charge in [-0.2, -0.15) is 0 Å². The molecule has 0 aromatic heterocycles. The van der Waals surface area contributed by atoms with Gasteiger partial charge in [0.25, 0.3) is 0 Å². The second-order valence-electron chi connectivity index (χ2n) is 4.61. The molecule has 2 nitrogen and oxygen atoms in total. The first-order chi connectivity index (χ1) is 9.52. The molecule has 0 aliphatic carbocycles. The summed E-state index contributed by atoms with van der Waals surface area (Å²) in [7, 11) is 0. The standard InChI is InChI=1S/C15H15BrClFN2/c1-9-12(3-2-4-13(9)16)15(20-19)7-10-5-6-11(17)8-14(10)18/h2-6,8,15,20H,7,19H2,1H3. The van der Waals surface area contributed by atoms with Gasteiger partial charge < -0.3 is 0 Å². The second-order valence-corrected chi connectivity index (χ2v) is 5.90. The van der Waals surface area contributed by atoms with Crippen molar-refractivity contribution < 1.29 is 4.39 Å². The lowest BCUT2D eigenvalue weighted by Gasteiger charge is -2.19. The highest BCUT2D eigenvalue weighted by atomic mass is 79.9. The molecule has 0 heterocycles. The molecule has 0 saturated heterocycles. The summed E-state index contributed by atoms with van der Waals surface area (Å²) in [4.78, 5) is 0. The lowest BCUT2D eigenvalue weighted by atomic mass is 9.95. The molecule has 1 unspecified atom stereocenters. The molecule has 0 bridgehead atoms. The molecule has 106 valence electrons. The highest BCUT2D eigenvalue weighted by Crippen LogP contribution is 2.27. The van der Waals surface area contributed by atoms with Gasteiger partial charge >= 0.3 is 0 Å². The Bertz CT molecular complexity index is 619. The van der Waals surface area contributed by atoms with Gasteiger partial charge in [0.15, 0.2) is 0 Å². The fourth-order valence-corrected chi connectivity index (χ4v) is 2.71. The number of halogens is 3. The quantitative estimate of drug-likeness (QED) is 0.632. The highest BCUT2D eigenvalue weighted by Gasteiger charge is 2.16. The molecular formula is C15H15BrClFN2. The van der Waals surface area contributed by atoms with E-state index in [1.165, 1.54) is 6.07 Å². The van der Waals surface area contributed by atoms with E-state index in [9.17, 15) is 4.39 Å². The fourth-order valence-electron chi connectivity index (χ4n) is 2.17. The summed E-state index contributed by atoms with van der Waals surface area (Å²) < 4.78 is 14.9. The number of hydrogen-bond donors (Lipinski definition) is 2. The maximum Gasteiger partial charge on any atom is 0.127 e. The van der Waals surface area contributed by atoms with Crippen LogP contribution in [0.3, 0.4) is 0 Å². The summed E-state index contributed by atoms with van der Waals surface area (Å²) in [6.45, 7) is 2.00. The van der Waals surface area contributed by atoms with Gasteiger partial charge in [0, 0.05) is 9.50 Å². The lowest BCUT2D eigenvalue weighted by molar-refractivity contribution is 0.527. The molecule has 0 spiro atoms. The molecule has 3 N–H and O–H groups in total. The van der Waals surface area contributed by atoms with E-state index in [0.29, 0.717) is 17.0 Å². The summed E-state index contributed by atoms with van der Waals surface area (Å²) in [5, 5.41) is 0.391. The SMILES string of the molecule is Cc1c(Br)cccc1C(Cc1ccc(Cl)cc1F)NN. The number of benzene rings is 2. The van der Waals surface area contributed by atoms with Crippen LogP contribution < -0.4 is 11.3 Å². The van der Waals surface area contributed by atoms with Gasteiger partial charge in [0.2, 0.25) is 0 Å². The van der Waals surface area contributed by atoms with Gasteiger partial charge in [-0.1, -0.05) is 45.7 Å². The molecule has 2 aromatic carbocycles. The topological polar surface area (TPSA) is 38.0 Å². The van der Waals surface area contributed by atoms with Crippen LogP contribution in [0.25, 0.3) is 0 Å². The molecule has 1 atom stereocenters. The molecule has 0 saturated carbocycles. The van der Waals surface area contributed by atoms with E-state index < -0.39 is 0 Å². The van der Waals surface area contributed by atoms with Crippen LogP contribution in [0.2, 0.25) is 5.02 Å². The normalized spacial score (nSPS) is 12.4. The van der Waals surface area contributed by atoms with Crippen molar-refractivity contribution >= 4 is 27.5 Å². The number of nitrogens with one attached hydrogen (secondary N) is 1. The highest BCUT2D eigenvalue weighted by molar-refractivity contribution is 9.10. The van der Waals surface area contributed by atoms with E-state index in [0.717, 1.165) is 15.6 Å². The zero-order chi connectivity index (χ0) is 14.7. The Morgan fingerprint density at radius 1 is 1.35 bits per heavy atom. The monoisotopic (exact) mass is 356 g/mol. The molecule has 0 fully saturated rings. The minimum absolute atomic E-state index is 0.164. The molecule has 2 aromatic rings. The second kappa shape index (κ2) is 6.68. The average Bonchev–Trinajstić information content (AvgIpc) is 2.42. The fraction of sp³-hybridized carbons (Fsp3) is 0.200. The number of hydrazine groups is 1. The Morgan fingerprint density at radius 3 is 2.75 bits per heavy atom. The van der Waals surface area contributed by atoms with Gasteiger partial charge in [0.05, 0.1) is 6.04 Å². The number of hydrogen-bond acceptors (Lipinski definition) is 2. The molecule has 20 heavy (non-hydrogen) atoms. The molecular weight excluding hydrogens is 343 g/mol. The van der Waals surface area contributed by atoms with E-state index in [-0.39, 0.29) is 11.9 Å². The molecule has 0 radical (unpaired) electrons. The predicted octanol–water partition coefficient (Wildman–Crippen LogP) is 4.30. The Morgan fingerprint density at radius 2 is 2.10 bits per heavy atom. The maximum absolute atomic E-state index is 13.9. The van der Waals surface area contributed by atoms with Crippen LogP contribution in [-0.4, -0.2) is 0 Å². The van der Waals surface area contributed by atoms with E-state index in [1.54, 1.807) is 12.1 Å². The van der Waals surface area contributed by atoms with Crippen molar-refractivity contribution in [3.63, 3.8) is 0 Å². The first-order valence-corrected chi connectivity index (χ1v) is 7.35. The third-order valence-corrected chi connectivity index (χ3v) is 4.42. The van der Waals surface area contributed by atoms with Crippen LogP contribution in [0.5, 0.6) is 0 Å². The minimum Gasteiger partial charge on any atom is -0.271 e. The predicted molar refractivity (Wildman–Crippen MR) is 84.1 cm³/mol. The van der Waals surface area contributed by atoms with Crippen molar-refractivity contribution in [1.82, 2.24) is 5.43 Å². The minimum atomic E-state index is -0.314. The first-order valence-electron chi connectivity index (χ1n) is 6.18. The van der Waals surface area contributed by atoms with Gasteiger partial charge in [-0.25, -0.2) is 4.39 Å². The van der Waals surface area contributed by atoms with Crippen molar-refractivity contribution in [1.29, 1.82) is 0 Å². The number of nitrogens with two attached hydrogens (primary N) is 1. The van der Waals surface area contributed by atoms with Gasteiger partial charge in [0.1, 0.15) is 5.82 Å². The van der Waals surface area contributed by atoms with E-state index in [1.807, 2.05) is 25.1 Å². The molecule has 2 rings (SSSR count). The largest absolute Gasteiger partial charge is 0.271 e. The zero-order valence-corrected chi connectivity index (χ0v) is 13.3. The first kappa shape index (κ1) is 15.4. The van der Waals surface area contributed by atoms with Gasteiger partial charge in [-0.05, 0) is 48.2 Å². The van der Waals surface area contributed by atoms with Crippen LogP contribution in [0.4, 0.5) is 4.39 Å². The van der Waals surface area contributed by atoms with E-state index in [4.69, 9.17) is 17.4 Å². The van der Waals surface area contributed by atoms with E-state index >= 15 is 0 Å². The summed E-state index contributed by atoms with van der Waals surface area (Å²) in [5.74, 6) is 5.32. The smallest absolute Gasteiger partial charge is 0.127 e. The Labute approximate surface area is 131 Å². The maximum atomic E-state index is 13.9. The third kappa shape index (κ3) is 3.38. The average molecular weight is 358 g/mol. The van der Waals surface area contributed by atoms with Crippen molar-refractivity contribution in [2.45, 2.75) is 19.4 Å². The zero-order valence-electron chi connectivity index (χ0n) is 11.0. The van der Waals surface area contributed by atoms with Crippen LogP contribution in [-0.2, 0) is 6.42 Å². The molecule has 0 amide bonds. The summed E-state index contributed by atoms with van der Waals surface area (Å²) in [6, 6.07) is 10.4. The molecule has 0 aliphatic heterocycles. The number of rotatable bonds is 4. The third-order valence-electron chi connectivity index (χ3n) is 3.33. The van der Waals surface area contributed by atoms with Crippen molar-refractivity contribution in [2.24, 2.45) is 5.84 Å². The van der Waals surface area contributed by atoms with Crippen LogP contribution >= 0.6 is 27.5 Å². The van der Waals surface area contributed by atoms with Crippen LogP contribution in [0, 0.1) is 12.7 Å².